The number of para-hydroxylation sites is 4. The molecule has 11 aromatic rings. The van der Waals surface area contributed by atoms with Crippen LogP contribution in [0.4, 0.5) is 0 Å². The van der Waals surface area contributed by atoms with Crippen molar-refractivity contribution in [3.8, 4) is 28.2 Å². The van der Waals surface area contributed by atoms with Gasteiger partial charge in [0.15, 0.2) is 0 Å². The molecular formula is C48H33N3Si. The Kier molecular flexibility index (Phi) is 6.27. The predicted molar refractivity (Wildman–Crippen MR) is 224 cm³/mol. The van der Waals surface area contributed by atoms with Crippen LogP contribution in [0.1, 0.15) is 0 Å². The molecule has 3 nitrogen and oxygen atoms in total. The van der Waals surface area contributed by atoms with Crippen molar-refractivity contribution < 1.29 is 0 Å². The lowest BCUT2D eigenvalue weighted by Gasteiger charge is -2.12. The Morgan fingerprint density at radius 2 is 0.692 bits per heavy atom. The Labute approximate surface area is 303 Å². The van der Waals surface area contributed by atoms with Crippen LogP contribution in [0, 0.1) is 0 Å². The second-order valence-corrected chi connectivity index (χ2v) is 15.0. The molecule has 3 aromatic heterocycles. The molecule has 3 heterocycles. The second-order valence-electron chi connectivity index (χ2n) is 13.9. The van der Waals surface area contributed by atoms with Gasteiger partial charge in [-0.05, 0) is 83.9 Å². The van der Waals surface area contributed by atoms with Crippen molar-refractivity contribution in [2.45, 2.75) is 0 Å². The quantitative estimate of drug-likeness (QED) is 0.165. The molecule has 0 bridgehead atoms. The smallest absolute Gasteiger partial charge is 0.0561 e. The van der Waals surface area contributed by atoms with Crippen LogP contribution in [0.5, 0.6) is 0 Å². The lowest BCUT2D eigenvalue weighted by molar-refractivity contribution is 1.15. The van der Waals surface area contributed by atoms with Gasteiger partial charge in [-0.1, -0.05) is 114 Å². The van der Waals surface area contributed by atoms with Crippen LogP contribution in [0.15, 0.2) is 182 Å². The molecule has 0 aliphatic rings. The molecule has 52 heavy (non-hydrogen) atoms. The summed E-state index contributed by atoms with van der Waals surface area (Å²) in [4.78, 5) is 0. The zero-order valence-electron chi connectivity index (χ0n) is 28.7. The molecule has 0 atom stereocenters. The molecule has 0 aliphatic carbocycles. The van der Waals surface area contributed by atoms with Crippen LogP contribution in [-0.4, -0.2) is 23.9 Å². The zero-order valence-corrected chi connectivity index (χ0v) is 30.7. The number of hydrogen-bond donors (Lipinski definition) is 0. The average Bonchev–Trinajstić information content (AvgIpc) is 3.83. The van der Waals surface area contributed by atoms with Crippen molar-refractivity contribution in [1.29, 1.82) is 0 Å². The average molecular weight is 680 g/mol. The maximum atomic E-state index is 2.45. The second kappa shape index (κ2) is 11.2. The summed E-state index contributed by atoms with van der Waals surface area (Å²) in [6.07, 6.45) is 0. The lowest BCUT2D eigenvalue weighted by atomic mass is 10.0. The fourth-order valence-corrected chi connectivity index (χ4v) is 8.84. The molecule has 0 N–H and O–H groups in total. The van der Waals surface area contributed by atoms with Crippen LogP contribution >= 0.6 is 0 Å². The van der Waals surface area contributed by atoms with E-state index in [1.807, 2.05) is 0 Å². The molecule has 11 rings (SSSR count). The third-order valence-corrected chi connectivity index (χ3v) is 11.6. The molecule has 0 spiro atoms. The topological polar surface area (TPSA) is 14.8 Å². The molecule has 0 unspecified atom stereocenters. The van der Waals surface area contributed by atoms with E-state index in [-0.39, 0.29) is 0 Å². The molecule has 8 aromatic carbocycles. The van der Waals surface area contributed by atoms with Crippen molar-refractivity contribution >= 4 is 80.8 Å². The summed E-state index contributed by atoms with van der Waals surface area (Å²) in [5, 5.41) is 8.96. The third kappa shape index (κ3) is 4.25. The van der Waals surface area contributed by atoms with Crippen molar-refractivity contribution in [3.63, 3.8) is 0 Å². The van der Waals surface area contributed by atoms with E-state index in [1.165, 1.54) is 87.4 Å². The van der Waals surface area contributed by atoms with Gasteiger partial charge in [0.2, 0.25) is 0 Å². The van der Waals surface area contributed by atoms with Crippen LogP contribution in [-0.2, 0) is 0 Å². The minimum absolute atomic E-state index is 1.05. The molecule has 4 heteroatoms. The van der Waals surface area contributed by atoms with Gasteiger partial charge in [0, 0.05) is 59.6 Å². The van der Waals surface area contributed by atoms with Crippen LogP contribution < -0.4 is 5.19 Å². The number of aromatic nitrogens is 3. The predicted octanol–water partition coefficient (Wildman–Crippen LogP) is 10.6. The van der Waals surface area contributed by atoms with E-state index in [0.717, 1.165) is 21.6 Å². The molecule has 0 fully saturated rings. The SMILES string of the molecule is [SiH3]c1ccc(-n2c3ccccc3c3cc(-c4ccc5c6ccccc6n(-c6ccc7c8ccccc8n(-c8ccccc8)c7c6)c5c4)ccc32)cc1. The highest BCUT2D eigenvalue weighted by Crippen LogP contribution is 2.39. The Bertz CT molecular complexity index is 3180. The van der Waals surface area contributed by atoms with Gasteiger partial charge in [0.1, 0.15) is 0 Å². The first-order valence-electron chi connectivity index (χ1n) is 17.9. The third-order valence-electron chi connectivity index (χ3n) is 10.9. The Morgan fingerprint density at radius 3 is 1.37 bits per heavy atom. The minimum Gasteiger partial charge on any atom is -0.309 e. The van der Waals surface area contributed by atoms with Gasteiger partial charge in [0.25, 0.3) is 0 Å². The normalized spacial score (nSPS) is 12.0. The number of hydrogen-bond acceptors (Lipinski definition) is 0. The largest absolute Gasteiger partial charge is 0.309 e. The van der Waals surface area contributed by atoms with Gasteiger partial charge in [0.05, 0.1) is 33.1 Å². The maximum Gasteiger partial charge on any atom is 0.0561 e. The summed E-state index contributed by atoms with van der Waals surface area (Å²) in [5.41, 5.74) is 13.2. The van der Waals surface area contributed by atoms with Crippen molar-refractivity contribution in [2.75, 3.05) is 0 Å². The van der Waals surface area contributed by atoms with Crippen LogP contribution in [0.3, 0.4) is 0 Å². The van der Waals surface area contributed by atoms with Gasteiger partial charge < -0.3 is 13.7 Å². The Balaban J connectivity index is 1.14. The minimum atomic E-state index is 1.05. The molecule has 0 aliphatic heterocycles. The summed E-state index contributed by atoms with van der Waals surface area (Å²) in [7, 11) is 1.05. The van der Waals surface area contributed by atoms with Gasteiger partial charge in [-0.15, -0.1) is 0 Å². The highest BCUT2D eigenvalue weighted by atomic mass is 28.1. The van der Waals surface area contributed by atoms with E-state index in [9.17, 15) is 0 Å². The van der Waals surface area contributed by atoms with Gasteiger partial charge in [-0.2, -0.15) is 0 Å². The fraction of sp³-hybridized carbons (Fsp3) is 0. The number of fused-ring (bicyclic) bond motifs is 9. The summed E-state index contributed by atoms with van der Waals surface area (Å²) >= 11 is 0. The van der Waals surface area contributed by atoms with Crippen LogP contribution in [0.25, 0.3) is 93.6 Å². The molecule has 0 saturated carbocycles. The highest BCUT2D eigenvalue weighted by molar-refractivity contribution is 6.32. The summed E-state index contributed by atoms with van der Waals surface area (Å²) in [6.45, 7) is 0. The fourth-order valence-electron chi connectivity index (χ4n) is 8.51. The number of benzene rings is 8. The van der Waals surface area contributed by atoms with Crippen molar-refractivity contribution in [1.82, 2.24) is 13.7 Å². The zero-order chi connectivity index (χ0) is 34.3. The first kappa shape index (κ1) is 29.1. The van der Waals surface area contributed by atoms with E-state index < -0.39 is 0 Å². The first-order chi connectivity index (χ1) is 25.7. The van der Waals surface area contributed by atoms with E-state index in [2.05, 4.69) is 196 Å². The standard InChI is InChI=1S/C48H33N3Si/c52-36-23-20-34(21-24-36)49-45-17-9-6-14-39(45)42-28-31(19-27-46(42)49)32-18-25-40-37-12-5-8-16-44(37)51(47(40)29-32)35-22-26-41-38-13-4-7-15-43(38)50(48(41)30-35)33-10-2-1-3-11-33/h1-30H,52H3. The van der Waals surface area contributed by atoms with Crippen molar-refractivity contribution in [2.24, 2.45) is 0 Å². The van der Waals surface area contributed by atoms with Gasteiger partial charge in [-0.3, -0.25) is 0 Å². The number of rotatable bonds is 4. The van der Waals surface area contributed by atoms with E-state index in [4.69, 9.17) is 0 Å². The Morgan fingerprint density at radius 1 is 0.269 bits per heavy atom. The highest BCUT2D eigenvalue weighted by Gasteiger charge is 2.18. The summed E-state index contributed by atoms with van der Waals surface area (Å²) < 4.78 is 7.25. The van der Waals surface area contributed by atoms with E-state index >= 15 is 0 Å². The molecule has 0 amide bonds. The molecule has 0 saturated heterocycles. The van der Waals surface area contributed by atoms with Gasteiger partial charge in [-0.25, -0.2) is 0 Å². The molecular weight excluding hydrogens is 647 g/mol. The lowest BCUT2D eigenvalue weighted by Crippen LogP contribution is -2.02. The Hall–Kier alpha value is -6.62. The first-order valence-corrected chi connectivity index (χ1v) is 18.9. The van der Waals surface area contributed by atoms with Crippen molar-refractivity contribution in [3.05, 3.63) is 182 Å². The summed E-state index contributed by atoms with van der Waals surface area (Å²) in [6, 6.07) is 67.0. The molecule has 0 radical (unpaired) electrons. The molecule has 244 valence electrons. The number of nitrogens with zero attached hydrogens (tertiary/aromatic N) is 3. The van der Waals surface area contributed by atoms with E-state index in [0.29, 0.717) is 0 Å². The summed E-state index contributed by atoms with van der Waals surface area (Å²) in [5.74, 6) is 0. The van der Waals surface area contributed by atoms with Gasteiger partial charge >= 0.3 is 0 Å². The monoisotopic (exact) mass is 679 g/mol. The van der Waals surface area contributed by atoms with Crippen LogP contribution in [0.2, 0.25) is 0 Å². The van der Waals surface area contributed by atoms with E-state index in [1.54, 1.807) is 0 Å². The maximum absolute atomic E-state index is 2.45.